The zero-order valence-corrected chi connectivity index (χ0v) is 24.2. The van der Waals surface area contributed by atoms with Crippen LogP contribution in [0.3, 0.4) is 0 Å². The van der Waals surface area contributed by atoms with E-state index >= 15 is 0 Å². The Balaban J connectivity index is 1.55. The Kier molecular flexibility index (Phi) is 7.68. The van der Waals surface area contributed by atoms with E-state index in [9.17, 15) is 10.1 Å². The van der Waals surface area contributed by atoms with Crippen molar-refractivity contribution in [2.75, 3.05) is 20.8 Å². The van der Waals surface area contributed by atoms with Gasteiger partial charge in [-0.3, -0.25) is 9.36 Å². The largest absolute Gasteiger partial charge is 0.497 e. The van der Waals surface area contributed by atoms with Crippen LogP contribution in [0.2, 0.25) is 0 Å². The molecule has 0 fully saturated rings. The minimum Gasteiger partial charge on any atom is -0.497 e. The lowest BCUT2D eigenvalue weighted by atomic mass is 9.94. The highest BCUT2D eigenvalue weighted by Crippen LogP contribution is 2.32. The van der Waals surface area contributed by atoms with E-state index in [1.807, 2.05) is 47.9 Å². The van der Waals surface area contributed by atoms with Gasteiger partial charge in [0.1, 0.15) is 11.5 Å². The topological polar surface area (TPSA) is 93.0 Å². The van der Waals surface area contributed by atoms with E-state index in [1.54, 1.807) is 14.2 Å². The van der Waals surface area contributed by atoms with Crippen LogP contribution in [0.15, 0.2) is 72.6 Å². The predicted molar refractivity (Wildman–Crippen MR) is 161 cm³/mol. The second kappa shape index (κ2) is 11.7. The number of carbonyl (C=O) groups is 1. The van der Waals surface area contributed by atoms with Crippen molar-refractivity contribution in [1.29, 1.82) is 5.26 Å². The third-order valence-electron chi connectivity index (χ3n) is 8.24. The van der Waals surface area contributed by atoms with E-state index in [2.05, 4.69) is 47.2 Å². The molecule has 3 unspecified atom stereocenters. The Hall–Kier alpha value is -4.61. The molecular formula is C34H34N5O3+. The molecule has 0 spiro atoms. The van der Waals surface area contributed by atoms with Crippen molar-refractivity contribution in [2.45, 2.75) is 38.7 Å². The van der Waals surface area contributed by atoms with Crippen molar-refractivity contribution in [3.8, 4) is 12.0 Å². The second-order valence-electron chi connectivity index (χ2n) is 10.9. The maximum absolute atomic E-state index is 13.3. The number of nitrogens with zero attached hydrogens (tertiary/aromatic N) is 5. The Bertz CT molecular complexity index is 1750. The highest BCUT2D eigenvalue weighted by atomic mass is 16.5. The molecule has 3 aromatic rings. The monoisotopic (exact) mass is 560 g/mol. The average molecular weight is 561 g/mol. The summed E-state index contributed by atoms with van der Waals surface area (Å²) in [6, 6.07) is 9.92. The van der Waals surface area contributed by atoms with E-state index in [0.29, 0.717) is 30.2 Å². The number of hydrogen-bond donors (Lipinski definition) is 0. The van der Waals surface area contributed by atoms with Gasteiger partial charge in [0.2, 0.25) is 0 Å². The molecule has 3 aliphatic carbocycles. The number of carbonyl (C=O) groups excluding carboxylic acids is 1. The number of aromatic nitrogens is 3. The molecule has 8 heteroatoms. The van der Waals surface area contributed by atoms with E-state index in [0.717, 1.165) is 53.0 Å². The lowest BCUT2D eigenvalue weighted by Crippen LogP contribution is -2.30. The molecule has 0 amide bonds. The van der Waals surface area contributed by atoms with Crippen molar-refractivity contribution in [1.82, 2.24) is 14.5 Å². The van der Waals surface area contributed by atoms with Crippen LogP contribution in [0.1, 0.15) is 46.6 Å². The summed E-state index contributed by atoms with van der Waals surface area (Å²) in [4.78, 5) is 23.4. The van der Waals surface area contributed by atoms with Crippen LogP contribution >= 0.6 is 0 Å². The summed E-state index contributed by atoms with van der Waals surface area (Å²) in [6.45, 7) is 2.66. The number of fused-ring (bicyclic) bond motifs is 2. The fourth-order valence-electron chi connectivity index (χ4n) is 6.11. The lowest BCUT2D eigenvalue weighted by molar-refractivity contribution is -0.449. The summed E-state index contributed by atoms with van der Waals surface area (Å²) in [7, 11) is 3.35. The van der Waals surface area contributed by atoms with Crippen LogP contribution in [-0.4, -0.2) is 58.0 Å². The first-order valence-electron chi connectivity index (χ1n) is 14.4. The molecule has 0 N–H and O–H groups in total. The molecule has 212 valence electrons. The molecule has 0 aliphatic heterocycles. The third kappa shape index (κ3) is 5.12. The van der Waals surface area contributed by atoms with Gasteiger partial charge in [-0.25, -0.2) is 4.58 Å². The van der Waals surface area contributed by atoms with Crippen LogP contribution in [0, 0.1) is 30.1 Å². The van der Waals surface area contributed by atoms with Crippen molar-refractivity contribution in [2.24, 2.45) is 11.8 Å². The SMILES string of the molecule is COC1=CC(OC)C(C=[N+](CC2C=CC=CC2)c2nc(-n3c(C)cc4c(C#N)cccc43)nc3c2CCCC3=O)C=C1. The molecule has 1 aromatic carbocycles. The number of ketones is 1. The number of benzene rings is 1. The molecule has 42 heavy (non-hydrogen) atoms. The summed E-state index contributed by atoms with van der Waals surface area (Å²) in [6.07, 6.45) is 19.4. The molecule has 2 heterocycles. The van der Waals surface area contributed by atoms with Crippen LogP contribution in [-0.2, 0) is 15.9 Å². The fourth-order valence-corrected chi connectivity index (χ4v) is 6.11. The zero-order valence-electron chi connectivity index (χ0n) is 24.2. The molecule has 3 atom stereocenters. The van der Waals surface area contributed by atoms with E-state index in [1.165, 1.54) is 0 Å². The Morgan fingerprint density at radius 2 is 2.07 bits per heavy atom. The van der Waals surface area contributed by atoms with Gasteiger partial charge in [-0.1, -0.05) is 36.4 Å². The first-order chi connectivity index (χ1) is 20.5. The predicted octanol–water partition coefficient (Wildman–Crippen LogP) is 5.70. The lowest BCUT2D eigenvalue weighted by Gasteiger charge is -2.23. The number of methoxy groups -OCH3 is 2. The number of rotatable bonds is 7. The van der Waals surface area contributed by atoms with E-state index in [-0.39, 0.29) is 23.7 Å². The molecule has 0 bridgehead atoms. The smallest absolute Gasteiger partial charge is 0.350 e. The minimum absolute atomic E-state index is 0.0356. The first kappa shape index (κ1) is 27.6. The van der Waals surface area contributed by atoms with Crippen LogP contribution in [0.25, 0.3) is 16.9 Å². The quantitative estimate of drug-likeness (QED) is 0.272. The van der Waals surface area contributed by atoms with Crippen LogP contribution in [0.5, 0.6) is 0 Å². The normalized spacial score (nSPS) is 21.8. The molecule has 8 nitrogen and oxygen atoms in total. The van der Waals surface area contributed by atoms with Crippen molar-refractivity contribution >= 4 is 28.7 Å². The van der Waals surface area contributed by atoms with Gasteiger partial charge in [0, 0.05) is 30.5 Å². The Morgan fingerprint density at radius 3 is 2.83 bits per heavy atom. The van der Waals surface area contributed by atoms with Gasteiger partial charge in [-0.2, -0.15) is 10.2 Å². The molecule has 0 saturated carbocycles. The van der Waals surface area contributed by atoms with Crippen molar-refractivity contribution < 1.29 is 18.8 Å². The van der Waals surface area contributed by atoms with Crippen LogP contribution in [0.4, 0.5) is 5.82 Å². The van der Waals surface area contributed by atoms with Gasteiger partial charge in [0.15, 0.2) is 5.78 Å². The molecule has 2 aromatic heterocycles. The Labute approximate surface area is 245 Å². The van der Waals surface area contributed by atoms with Crippen LogP contribution < -0.4 is 0 Å². The zero-order chi connectivity index (χ0) is 29.2. The highest BCUT2D eigenvalue weighted by Gasteiger charge is 2.34. The molecule has 3 aliphatic rings. The first-order valence-corrected chi connectivity index (χ1v) is 14.4. The summed E-state index contributed by atoms with van der Waals surface area (Å²) in [5, 5.41) is 10.6. The van der Waals surface area contributed by atoms with Gasteiger partial charge < -0.3 is 9.47 Å². The number of aryl methyl sites for hydroxylation is 1. The summed E-state index contributed by atoms with van der Waals surface area (Å²) in [5.41, 5.74) is 3.69. The number of ether oxygens (including phenoxy) is 2. The van der Waals surface area contributed by atoms with E-state index < -0.39 is 0 Å². The van der Waals surface area contributed by atoms with Gasteiger partial charge in [0.05, 0.1) is 54.6 Å². The number of Topliss-reactive ketones (excluding diaryl/α,β-unsaturated/α-hetero) is 1. The van der Waals surface area contributed by atoms with Gasteiger partial charge in [0.25, 0.3) is 0 Å². The minimum atomic E-state index is -0.215. The highest BCUT2D eigenvalue weighted by molar-refractivity contribution is 5.97. The third-order valence-corrected chi connectivity index (χ3v) is 8.24. The molecule has 0 saturated heterocycles. The standard InChI is InChI=1S/C34H34N5O3/c1-22-17-28-24(19-35)11-7-13-29(28)39(22)34-36-32-27(12-8-14-30(32)40)33(37-34)38(20-23-9-5-4-6-10-23)21-25-15-16-26(41-2)18-31(25)42-3/h4-7,9,11,13,15-18,21,23,25,31H,8,10,12,14,20H2,1-3H3/q+1. The molecule has 0 radical (unpaired) electrons. The van der Waals surface area contributed by atoms with Gasteiger partial charge in [-0.15, -0.1) is 0 Å². The fraction of sp³-hybridized carbons (Fsp3) is 0.324. The number of allylic oxidation sites excluding steroid dienone is 4. The second-order valence-corrected chi connectivity index (χ2v) is 10.9. The Morgan fingerprint density at radius 1 is 1.19 bits per heavy atom. The van der Waals surface area contributed by atoms with E-state index in [4.69, 9.17) is 19.4 Å². The van der Waals surface area contributed by atoms with Gasteiger partial charge in [-0.05, 0) is 61.5 Å². The maximum atomic E-state index is 13.3. The summed E-state index contributed by atoms with van der Waals surface area (Å²) < 4.78 is 15.5. The van der Waals surface area contributed by atoms with Gasteiger partial charge >= 0.3 is 11.8 Å². The number of nitriles is 1. The molecular weight excluding hydrogens is 526 g/mol. The van der Waals surface area contributed by atoms with Crippen molar-refractivity contribution in [3.63, 3.8) is 0 Å². The van der Waals surface area contributed by atoms with Crippen molar-refractivity contribution in [3.05, 3.63) is 95.1 Å². The summed E-state index contributed by atoms with van der Waals surface area (Å²) in [5.74, 6) is 2.17. The maximum Gasteiger partial charge on any atom is 0.350 e. The average Bonchev–Trinajstić information content (AvgIpc) is 3.37. The summed E-state index contributed by atoms with van der Waals surface area (Å²) >= 11 is 0. The molecule has 6 rings (SSSR count). The number of hydrogen-bond acceptors (Lipinski definition) is 6.